The van der Waals surface area contributed by atoms with Crippen LogP contribution in [0.3, 0.4) is 0 Å². The van der Waals surface area contributed by atoms with Crippen molar-refractivity contribution in [2.45, 2.75) is 19.2 Å². The average Bonchev–Trinajstić information content (AvgIpc) is 2.50. The van der Waals surface area contributed by atoms with Crippen molar-refractivity contribution in [1.29, 1.82) is 0 Å². The first kappa shape index (κ1) is 14.9. The number of alkyl halides is 1. The highest BCUT2D eigenvalue weighted by Gasteiger charge is 2.17. The van der Waals surface area contributed by atoms with Crippen molar-refractivity contribution in [1.82, 2.24) is 0 Å². The number of benzene rings is 3. The number of halogens is 2. The molecule has 106 valence electrons. The van der Waals surface area contributed by atoms with E-state index in [1.54, 1.807) is 0 Å². The van der Waals surface area contributed by atoms with E-state index in [-0.39, 0.29) is 5.38 Å². The molecule has 0 aliphatic heterocycles. The monoisotopic (exact) mass is 406 g/mol. The van der Waals surface area contributed by atoms with Crippen molar-refractivity contribution in [2.24, 2.45) is 0 Å². The van der Waals surface area contributed by atoms with Gasteiger partial charge in [-0.2, -0.15) is 0 Å². The number of fused-ring (bicyclic) bond motifs is 1. The first-order chi connectivity index (χ1) is 10.1. The molecule has 3 aromatic rings. The van der Waals surface area contributed by atoms with E-state index in [1.807, 2.05) is 0 Å². The highest BCUT2D eigenvalue weighted by Crippen LogP contribution is 2.37. The summed E-state index contributed by atoms with van der Waals surface area (Å²) in [4.78, 5) is 0. The van der Waals surface area contributed by atoms with Crippen LogP contribution in [0, 0.1) is 17.4 Å². The molecule has 3 rings (SSSR count). The van der Waals surface area contributed by atoms with Crippen molar-refractivity contribution in [3.05, 3.63) is 80.4 Å². The SMILES string of the molecule is Cc1cccc(C(Cl)c2ccc(C)c3ccccc23)c1I. The fourth-order valence-electron chi connectivity index (χ4n) is 2.73. The molecule has 0 N–H and O–H groups in total. The summed E-state index contributed by atoms with van der Waals surface area (Å²) in [5.41, 5.74) is 4.93. The zero-order valence-electron chi connectivity index (χ0n) is 12.0. The van der Waals surface area contributed by atoms with E-state index in [0.717, 1.165) is 0 Å². The van der Waals surface area contributed by atoms with Crippen LogP contribution in [0.25, 0.3) is 10.8 Å². The molecular weight excluding hydrogens is 391 g/mol. The van der Waals surface area contributed by atoms with Gasteiger partial charge < -0.3 is 0 Å². The number of hydrogen-bond acceptors (Lipinski definition) is 0. The molecule has 0 aliphatic carbocycles. The van der Waals surface area contributed by atoms with Crippen LogP contribution >= 0.6 is 34.2 Å². The molecular formula is C19H16ClI. The molecule has 0 saturated heterocycles. The van der Waals surface area contributed by atoms with Gasteiger partial charge in [0.05, 0.1) is 5.38 Å². The van der Waals surface area contributed by atoms with Gasteiger partial charge in [0, 0.05) is 3.57 Å². The van der Waals surface area contributed by atoms with Gasteiger partial charge in [0.1, 0.15) is 0 Å². The third kappa shape index (κ3) is 2.69. The molecule has 0 fully saturated rings. The molecule has 21 heavy (non-hydrogen) atoms. The molecule has 3 aromatic carbocycles. The smallest absolute Gasteiger partial charge is 0.0851 e. The number of hydrogen-bond donors (Lipinski definition) is 0. The van der Waals surface area contributed by atoms with E-state index >= 15 is 0 Å². The van der Waals surface area contributed by atoms with Gasteiger partial charge in [-0.3, -0.25) is 0 Å². The van der Waals surface area contributed by atoms with Crippen LogP contribution in [0.2, 0.25) is 0 Å². The predicted octanol–water partition coefficient (Wildman–Crippen LogP) is 6.39. The summed E-state index contributed by atoms with van der Waals surface area (Å²) in [6.45, 7) is 4.27. The van der Waals surface area contributed by atoms with Crippen LogP contribution in [0.4, 0.5) is 0 Å². The second-order valence-corrected chi connectivity index (χ2v) is 6.87. The lowest BCUT2D eigenvalue weighted by Crippen LogP contribution is -1.99. The third-order valence-corrected chi connectivity index (χ3v) is 5.89. The third-order valence-electron chi connectivity index (χ3n) is 3.94. The average molecular weight is 407 g/mol. The van der Waals surface area contributed by atoms with Crippen LogP contribution in [0.15, 0.2) is 54.6 Å². The van der Waals surface area contributed by atoms with Crippen LogP contribution in [-0.4, -0.2) is 0 Å². The van der Waals surface area contributed by atoms with E-state index in [2.05, 4.69) is 91.0 Å². The van der Waals surface area contributed by atoms with Gasteiger partial charge >= 0.3 is 0 Å². The zero-order valence-corrected chi connectivity index (χ0v) is 14.9. The Morgan fingerprint density at radius 3 is 2.24 bits per heavy atom. The minimum Gasteiger partial charge on any atom is -0.113 e. The Morgan fingerprint density at radius 2 is 1.48 bits per heavy atom. The van der Waals surface area contributed by atoms with Crippen LogP contribution in [0.1, 0.15) is 27.6 Å². The van der Waals surface area contributed by atoms with Gasteiger partial charge in [-0.15, -0.1) is 11.6 Å². The van der Waals surface area contributed by atoms with Gasteiger partial charge in [0.25, 0.3) is 0 Å². The Morgan fingerprint density at radius 1 is 0.762 bits per heavy atom. The first-order valence-corrected chi connectivity index (χ1v) is 8.48. The van der Waals surface area contributed by atoms with E-state index < -0.39 is 0 Å². The van der Waals surface area contributed by atoms with Crippen molar-refractivity contribution in [3.63, 3.8) is 0 Å². The predicted molar refractivity (Wildman–Crippen MR) is 100 cm³/mol. The molecule has 2 heteroatoms. The molecule has 0 bridgehead atoms. The molecule has 0 aromatic heterocycles. The maximum Gasteiger partial charge on any atom is 0.0851 e. The fourth-order valence-corrected chi connectivity index (χ4v) is 3.95. The lowest BCUT2D eigenvalue weighted by atomic mass is 9.95. The summed E-state index contributed by atoms with van der Waals surface area (Å²) in [6, 6.07) is 19.1. The van der Waals surface area contributed by atoms with Gasteiger partial charge in [-0.1, -0.05) is 54.6 Å². The zero-order chi connectivity index (χ0) is 15.0. The Labute approximate surface area is 144 Å². The second kappa shape index (κ2) is 5.98. The van der Waals surface area contributed by atoms with Gasteiger partial charge in [-0.05, 0) is 69.5 Å². The largest absolute Gasteiger partial charge is 0.113 e. The highest BCUT2D eigenvalue weighted by molar-refractivity contribution is 14.1. The molecule has 1 unspecified atom stereocenters. The minimum atomic E-state index is -0.123. The summed E-state index contributed by atoms with van der Waals surface area (Å²) in [5, 5.41) is 2.40. The standard InChI is InChI=1S/C19H16ClI/c1-12-10-11-16(15-8-4-3-7-14(12)15)18(20)17-9-5-6-13(2)19(17)21/h3-11,18H,1-2H3. The molecule has 0 amide bonds. The first-order valence-electron chi connectivity index (χ1n) is 6.97. The second-order valence-electron chi connectivity index (χ2n) is 5.36. The van der Waals surface area contributed by atoms with E-state index in [4.69, 9.17) is 11.6 Å². The molecule has 1 atom stereocenters. The van der Waals surface area contributed by atoms with Crippen LogP contribution in [0.5, 0.6) is 0 Å². The number of rotatable bonds is 2. The van der Waals surface area contributed by atoms with Crippen molar-refractivity contribution < 1.29 is 0 Å². The lowest BCUT2D eigenvalue weighted by Gasteiger charge is -2.17. The van der Waals surface area contributed by atoms with Crippen LogP contribution in [-0.2, 0) is 0 Å². The van der Waals surface area contributed by atoms with E-state index in [1.165, 1.54) is 36.6 Å². The van der Waals surface area contributed by atoms with Crippen molar-refractivity contribution >= 4 is 45.0 Å². The maximum absolute atomic E-state index is 6.84. The van der Waals surface area contributed by atoms with E-state index in [9.17, 15) is 0 Å². The summed E-state index contributed by atoms with van der Waals surface area (Å²) in [7, 11) is 0. The Balaban J connectivity index is 2.21. The maximum atomic E-state index is 6.84. The number of aryl methyl sites for hydroxylation is 2. The Kier molecular flexibility index (Phi) is 4.23. The summed E-state index contributed by atoms with van der Waals surface area (Å²) in [6.07, 6.45) is 0. The molecule has 0 radical (unpaired) electrons. The summed E-state index contributed by atoms with van der Waals surface area (Å²) in [5.74, 6) is 0. The molecule has 0 heterocycles. The van der Waals surface area contributed by atoms with Gasteiger partial charge in [0.15, 0.2) is 0 Å². The highest BCUT2D eigenvalue weighted by atomic mass is 127. The Bertz CT molecular complexity index is 808. The molecule has 0 nitrogen and oxygen atoms in total. The van der Waals surface area contributed by atoms with Crippen molar-refractivity contribution in [3.8, 4) is 0 Å². The Hall–Kier alpha value is -1.06. The molecule has 0 saturated carbocycles. The van der Waals surface area contributed by atoms with Crippen LogP contribution < -0.4 is 0 Å². The molecule has 0 aliphatic rings. The fraction of sp³-hybridized carbons (Fsp3) is 0.158. The lowest BCUT2D eigenvalue weighted by molar-refractivity contribution is 1.13. The summed E-state index contributed by atoms with van der Waals surface area (Å²) >= 11 is 9.23. The molecule has 0 spiro atoms. The van der Waals surface area contributed by atoms with E-state index in [0.29, 0.717) is 0 Å². The van der Waals surface area contributed by atoms with Gasteiger partial charge in [-0.25, -0.2) is 0 Å². The normalized spacial score (nSPS) is 12.6. The van der Waals surface area contributed by atoms with Crippen molar-refractivity contribution in [2.75, 3.05) is 0 Å². The minimum absolute atomic E-state index is 0.123. The quantitative estimate of drug-likeness (QED) is 0.342. The van der Waals surface area contributed by atoms with Gasteiger partial charge in [0.2, 0.25) is 0 Å². The topological polar surface area (TPSA) is 0 Å². The summed E-state index contributed by atoms with van der Waals surface area (Å²) < 4.78 is 1.25.